The molecule has 2 aromatic rings. The number of nitrogens with two attached hydrogens (primary N) is 1. The lowest BCUT2D eigenvalue weighted by Crippen LogP contribution is -2.07. The number of hydrogen-bond donors (Lipinski definition) is 2. The number of halogens is 1. The third-order valence-electron chi connectivity index (χ3n) is 2.07. The maximum Gasteiger partial charge on any atom is 0.128 e. The minimum absolute atomic E-state index is 0.274. The lowest BCUT2D eigenvalue weighted by atomic mass is 10.0. The normalized spacial score (nSPS) is 13.5. The quantitative estimate of drug-likeness (QED) is 0.700. The van der Waals surface area contributed by atoms with E-state index in [2.05, 4.69) is 10.2 Å². The predicted molar refractivity (Wildman–Crippen MR) is 48.7 cm³/mol. The molecule has 0 amide bonds. The van der Waals surface area contributed by atoms with Gasteiger partial charge in [0, 0.05) is 17.0 Å². The number of H-pyrrole nitrogens is 1. The average Bonchev–Trinajstić information content (AvgIpc) is 2.50. The van der Waals surface area contributed by atoms with Gasteiger partial charge in [0.15, 0.2) is 0 Å². The number of aromatic nitrogens is 2. The summed E-state index contributed by atoms with van der Waals surface area (Å²) in [6, 6.07) is 2.74. The van der Waals surface area contributed by atoms with Crippen LogP contribution in [0.4, 0.5) is 4.39 Å². The molecule has 0 aliphatic rings. The van der Waals surface area contributed by atoms with Crippen molar-refractivity contribution in [3.63, 3.8) is 0 Å². The SMILES string of the molecule is CC(N)c1c(F)ccc2[nH]ncc12. The van der Waals surface area contributed by atoms with Crippen LogP contribution in [0.25, 0.3) is 10.9 Å². The molecule has 0 radical (unpaired) electrons. The molecule has 3 nitrogen and oxygen atoms in total. The van der Waals surface area contributed by atoms with Crippen molar-refractivity contribution in [2.24, 2.45) is 5.73 Å². The molecule has 68 valence electrons. The van der Waals surface area contributed by atoms with Crippen molar-refractivity contribution >= 4 is 10.9 Å². The van der Waals surface area contributed by atoms with Crippen LogP contribution >= 0.6 is 0 Å². The highest BCUT2D eigenvalue weighted by atomic mass is 19.1. The van der Waals surface area contributed by atoms with Crippen molar-refractivity contribution in [3.8, 4) is 0 Å². The first-order chi connectivity index (χ1) is 6.20. The first-order valence-corrected chi connectivity index (χ1v) is 4.07. The van der Waals surface area contributed by atoms with Crippen LogP contribution in [0.3, 0.4) is 0 Å². The zero-order valence-corrected chi connectivity index (χ0v) is 7.21. The summed E-state index contributed by atoms with van der Waals surface area (Å²) in [4.78, 5) is 0. The molecule has 0 saturated heterocycles. The molecule has 0 spiro atoms. The van der Waals surface area contributed by atoms with Gasteiger partial charge in [0.1, 0.15) is 5.82 Å². The highest BCUT2D eigenvalue weighted by Crippen LogP contribution is 2.23. The molecule has 1 atom stereocenters. The Balaban J connectivity index is 2.80. The average molecular weight is 179 g/mol. The zero-order chi connectivity index (χ0) is 9.42. The van der Waals surface area contributed by atoms with Crippen molar-refractivity contribution in [1.82, 2.24) is 10.2 Å². The Bertz CT molecular complexity index is 433. The highest BCUT2D eigenvalue weighted by Gasteiger charge is 2.11. The molecule has 4 heteroatoms. The second-order valence-corrected chi connectivity index (χ2v) is 3.08. The van der Waals surface area contributed by atoms with Gasteiger partial charge in [0.2, 0.25) is 0 Å². The van der Waals surface area contributed by atoms with E-state index >= 15 is 0 Å². The standard InChI is InChI=1S/C9H10FN3/c1-5(11)9-6-4-12-13-8(6)3-2-7(9)10/h2-5H,11H2,1H3,(H,12,13). The van der Waals surface area contributed by atoms with Crippen LogP contribution in [0.1, 0.15) is 18.5 Å². The van der Waals surface area contributed by atoms with Gasteiger partial charge in [0.05, 0.1) is 11.7 Å². The summed E-state index contributed by atoms with van der Waals surface area (Å²) in [7, 11) is 0. The van der Waals surface area contributed by atoms with Crippen molar-refractivity contribution in [1.29, 1.82) is 0 Å². The molecular weight excluding hydrogens is 169 g/mol. The summed E-state index contributed by atoms with van der Waals surface area (Å²) in [6.45, 7) is 1.75. The van der Waals surface area contributed by atoms with Crippen LogP contribution in [-0.2, 0) is 0 Å². The second kappa shape index (κ2) is 2.81. The van der Waals surface area contributed by atoms with E-state index in [0.29, 0.717) is 5.56 Å². The number of hydrogen-bond acceptors (Lipinski definition) is 2. The maximum absolute atomic E-state index is 13.3. The topological polar surface area (TPSA) is 54.7 Å². The van der Waals surface area contributed by atoms with Crippen LogP contribution in [0.15, 0.2) is 18.3 Å². The Hall–Kier alpha value is -1.42. The summed E-state index contributed by atoms with van der Waals surface area (Å²) < 4.78 is 13.3. The van der Waals surface area contributed by atoms with Crippen LogP contribution in [-0.4, -0.2) is 10.2 Å². The van der Waals surface area contributed by atoms with Gasteiger partial charge >= 0.3 is 0 Å². The van der Waals surface area contributed by atoms with E-state index in [4.69, 9.17) is 5.73 Å². The van der Waals surface area contributed by atoms with E-state index in [1.165, 1.54) is 6.07 Å². The van der Waals surface area contributed by atoms with Gasteiger partial charge in [-0.25, -0.2) is 4.39 Å². The summed E-state index contributed by atoms with van der Waals surface area (Å²) in [5.41, 5.74) is 6.99. The van der Waals surface area contributed by atoms with E-state index in [1.54, 1.807) is 19.2 Å². The molecule has 3 N–H and O–H groups in total. The molecule has 1 unspecified atom stereocenters. The Morgan fingerprint density at radius 1 is 1.54 bits per heavy atom. The third kappa shape index (κ3) is 1.19. The fourth-order valence-electron chi connectivity index (χ4n) is 1.48. The van der Waals surface area contributed by atoms with Crippen molar-refractivity contribution in [2.45, 2.75) is 13.0 Å². The fraction of sp³-hybridized carbons (Fsp3) is 0.222. The van der Waals surface area contributed by atoms with Gasteiger partial charge in [-0.2, -0.15) is 5.10 Å². The van der Waals surface area contributed by atoms with Gasteiger partial charge in [-0.3, -0.25) is 5.10 Å². The molecule has 0 fully saturated rings. The number of aromatic amines is 1. The van der Waals surface area contributed by atoms with Crippen molar-refractivity contribution in [3.05, 3.63) is 29.7 Å². The summed E-state index contributed by atoms with van der Waals surface area (Å²) in [6.07, 6.45) is 1.59. The largest absolute Gasteiger partial charge is 0.324 e. The molecule has 0 aliphatic heterocycles. The number of rotatable bonds is 1. The van der Waals surface area contributed by atoms with Crippen LogP contribution in [0, 0.1) is 5.82 Å². The Morgan fingerprint density at radius 2 is 2.31 bits per heavy atom. The van der Waals surface area contributed by atoms with Crippen LogP contribution in [0.5, 0.6) is 0 Å². The number of nitrogens with zero attached hydrogens (tertiary/aromatic N) is 1. The van der Waals surface area contributed by atoms with E-state index in [-0.39, 0.29) is 11.9 Å². The van der Waals surface area contributed by atoms with Gasteiger partial charge < -0.3 is 5.73 Å². The van der Waals surface area contributed by atoms with E-state index < -0.39 is 0 Å². The number of fused-ring (bicyclic) bond motifs is 1. The lowest BCUT2D eigenvalue weighted by molar-refractivity contribution is 0.598. The Kier molecular flexibility index (Phi) is 1.77. The first kappa shape index (κ1) is 8.19. The molecular formula is C9H10FN3. The highest BCUT2D eigenvalue weighted by molar-refractivity contribution is 5.82. The Morgan fingerprint density at radius 3 is 3.00 bits per heavy atom. The number of nitrogens with one attached hydrogen (secondary N) is 1. The van der Waals surface area contributed by atoms with E-state index in [9.17, 15) is 4.39 Å². The number of benzene rings is 1. The third-order valence-corrected chi connectivity index (χ3v) is 2.07. The molecule has 13 heavy (non-hydrogen) atoms. The first-order valence-electron chi connectivity index (χ1n) is 4.07. The summed E-state index contributed by atoms with van der Waals surface area (Å²) >= 11 is 0. The van der Waals surface area contributed by atoms with Gasteiger partial charge in [-0.1, -0.05) is 0 Å². The molecule has 1 aromatic carbocycles. The molecule has 2 rings (SSSR count). The fourth-order valence-corrected chi connectivity index (χ4v) is 1.48. The van der Waals surface area contributed by atoms with Crippen LogP contribution in [0.2, 0.25) is 0 Å². The Labute approximate surface area is 74.7 Å². The molecule has 0 saturated carbocycles. The minimum Gasteiger partial charge on any atom is -0.324 e. The summed E-state index contributed by atoms with van der Waals surface area (Å²) in [5, 5.41) is 7.37. The van der Waals surface area contributed by atoms with Crippen molar-refractivity contribution in [2.75, 3.05) is 0 Å². The van der Waals surface area contributed by atoms with E-state index in [0.717, 1.165) is 10.9 Å². The molecule has 1 heterocycles. The van der Waals surface area contributed by atoms with E-state index in [1.807, 2.05) is 0 Å². The second-order valence-electron chi connectivity index (χ2n) is 3.08. The molecule has 1 aromatic heterocycles. The maximum atomic E-state index is 13.3. The van der Waals surface area contributed by atoms with Gasteiger partial charge in [-0.05, 0) is 19.1 Å². The monoisotopic (exact) mass is 179 g/mol. The predicted octanol–water partition coefficient (Wildman–Crippen LogP) is 1.72. The molecule has 0 bridgehead atoms. The zero-order valence-electron chi connectivity index (χ0n) is 7.21. The van der Waals surface area contributed by atoms with Gasteiger partial charge in [-0.15, -0.1) is 0 Å². The van der Waals surface area contributed by atoms with Gasteiger partial charge in [0.25, 0.3) is 0 Å². The minimum atomic E-state index is -0.318. The van der Waals surface area contributed by atoms with Crippen LogP contribution < -0.4 is 5.73 Å². The smallest absolute Gasteiger partial charge is 0.128 e. The molecule has 0 aliphatic carbocycles. The summed E-state index contributed by atoms with van der Waals surface area (Å²) in [5.74, 6) is -0.274. The van der Waals surface area contributed by atoms with Crippen molar-refractivity contribution < 1.29 is 4.39 Å². The lowest BCUT2D eigenvalue weighted by Gasteiger charge is -2.07.